The highest BCUT2D eigenvalue weighted by atomic mass is 32.1. The molecule has 0 amide bonds. The lowest BCUT2D eigenvalue weighted by molar-refractivity contribution is 0.189. The molecule has 0 aromatic carbocycles. The monoisotopic (exact) mass is 148 g/mol. The Hall–Kier alpha value is 0.310. The van der Waals surface area contributed by atoms with Crippen LogP contribution in [-0.2, 0) is 4.74 Å². The molecule has 56 valence electrons. The van der Waals surface area contributed by atoms with Crippen LogP contribution in [0, 0.1) is 5.92 Å². The first-order valence-corrected chi connectivity index (χ1v) is 4.25. The predicted octanol–water partition coefficient (Wildman–Crippen LogP) is 1.98. The molecule has 1 nitrogen and oxygen atoms in total. The number of hydrogen-bond acceptors (Lipinski definition) is 2. The van der Waals surface area contributed by atoms with E-state index in [0.717, 1.165) is 24.9 Å². The van der Waals surface area contributed by atoms with Crippen molar-refractivity contribution in [2.75, 3.05) is 19.0 Å². The maximum absolute atomic E-state index is 5.10. The molecule has 0 aromatic heterocycles. The van der Waals surface area contributed by atoms with Gasteiger partial charge in [0.25, 0.3) is 0 Å². The standard InChI is InChI=1S/C5H10OS.C2H6/c7-4-5-1-2-6-3-5;1-2/h5,7H,1-4H2;1-2H3. The average Bonchev–Trinajstić information content (AvgIpc) is 2.43. The molecule has 0 spiro atoms. The highest BCUT2D eigenvalue weighted by Gasteiger charge is 2.12. The molecular formula is C7H16OS. The van der Waals surface area contributed by atoms with Gasteiger partial charge in [-0.1, -0.05) is 13.8 Å². The van der Waals surface area contributed by atoms with E-state index in [1.54, 1.807) is 0 Å². The van der Waals surface area contributed by atoms with Gasteiger partial charge < -0.3 is 4.74 Å². The Morgan fingerprint density at radius 2 is 2.22 bits per heavy atom. The first-order valence-electron chi connectivity index (χ1n) is 3.62. The van der Waals surface area contributed by atoms with E-state index in [-0.39, 0.29) is 0 Å². The van der Waals surface area contributed by atoms with Crippen LogP contribution in [0.4, 0.5) is 0 Å². The lowest BCUT2D eigenvalue weighted by Gasteiger charge is -1.96. The molecule has 1 aliphatic heterocycles. The quantitative estimate of drug-likeness (QED) is 0.559. The Balaban J connectivity index is 0.000000291. The number of ether oxygens (including phenoxy) is 1. The summed E-state index contributed by atoms with van der Waals surface area (Å²) in [4.78, 5) is 0. The van der Waals surface area contributed by atoms with Crippen molar-refractivity contribution < 1.29 is 4.74 Å². The van der Waals surface area contributed by atoms with E-state index in [1.807, 2.05) is 13.8 Å². The minimum atomic E-state index is 0.739. The number of rotatable bonds is 1. The first-order chi connectivity index (χ1) is 4.43. The van der Waals surface area contributed by atoms with E-state index in [9.17, 15) is 0 Å². The highest BCUT2D eigenvalue weighted by molar-refractivity contribution is 7.80. The molecule has 0 aliphatic carbocycles. The summed E-state index contributed by atoms with van der Waals surface area (Å²) in [7, 11) is 0. The maximum Gasteiger partial charge on any atom is 0.0502 e. The number of thiol groups is 1. The summed E-state index contributed by atoms with van der Waals surface area (Å²) in [5, 5.41) is 0. The fourth-order valence-corrected chi connectivity index (χ4v) is 1.02. The Kier molecular flexibility index (Phi) is 6.65. The summed E-state index contributed by atoms with van der Waals surface area (Å²) < 4.78 is 5.10. The smallest absolute Gasteiger partial charge is 0.0502 e. The molecule has 9 heavy (non-hydrogen) atoms. The van der Waals surface area contributed by atoms with Crippen molar-refractivity contribution in [1.29, 1.82) is 0 Å². The summed E-state index contributed by atoms with van der Waals surface area (Å²) in [6, 6.07) is 0. The van der Waals surface area contributed by atoms with Gasteiger partial charge in [0.15, 0.2) is 0 Å². The van der Waals surface area contributed by atoms with Crippen LogP contribution in [0.5, 0.6) is 0 Å². The SMILES string of the molecule is CC.SCC1CCOC1. The van der Waals surface area contributed by atoms with Crippen LogP contribution in [0.15, 0.2) is 0 Å². The van der Waals surface area contributed by atoms with Crippen molar-refractivity contribution in [3.05, 3.63) is 0 Å². The van der Waals surface area contributed by atoms with Crippen LogP contribution in [-0.4, -0.2) is 19.0 Å². The molecule has 1 atom stereocenters. The fraction of sp³-hybridized carbons (Fsp3) is 1.00. The van der Waals surface area contributed by atoms with E-state index in [0.29, 0.717) is 0 Å². The van der Waals surface area contributed by atoms with Crippen LogP contribution >= 0.6 is 12.6 Å². The fourth-order valence-electron chi connectivity index (χ4n) is 0.727. The molecule has 1 rings (SSSR count). The van der Waals surface area contributed by atoms with Crippen LogP contribution in [0.3, 0.4) is 0 Å². The maximum atomic E-state index is 5.10. The van der Waals surface area contributed by atoms with Crippen molar-refractivity contribution in [2.45, 2.75) is 20.3 Å². The Bertz CT molecular complexity index is 50.9. The zero-order valence-corrected chi connectivity index (χ0v) is 7.16. The summed E-state index contributed by atoms with van der Waals surface area (Å²) in [6.45, 7) is 5.88. The van der Waals surface area contributed by atoms with Crippen molar-refractivity contribution in [1.82, 2.24) is 0 Å². The molecule has 0 saturated carbocycles. The molecule has 1 aliphatic rings. The van der Waals surface area contributed by atoms with Gasteiger partial charge in [0.2, 0.25) is 0 Å². The largest absolute Gasteiger partial charge is 0.381 e. The molecule has 0 radical (unpaired) electrons. The molecule has 0 bridgehead atoms. The minimum Gasteiger partial charge on any atom is -0.381 e. The third-order valence-electron chi connectivity index (χ3n) is 1.28. The van der Waals surface area contributed by atoms with Crippen molar-refractivity contribution in [2.24, 2.45) is 5.92 Å². The predicted molar refractivity (Wildman–Crippen MR) is 44.1 cm³/mol. The molecular weight excluding hydrogens is 132 g/mol. The van der Waals surface area contributed by atoms with Crippen molar-refractivity contribution >= 4 is 12.6 Å². The lowest BCUT2D eigenvalue weighted by atomic mass is 10.2. The highest BCUT2D eigenvalue weighted by Crippen LogP contribution is 2.12. The normalized spacial score (nSPS) is 25.0. The van der Waals surface area contributed by atoms with Gasteiger partial charge in [0, 0.05) is 6.61 Å². The topological polar surface area (TPSA) is 9.23 Å². The third kappa shape index (κ3) is 3.82. The van der Waals surface area contributed by atoms with E-state index in [4.69, 9.17) is 4.74 Å². The molecule has 1 unspecified atom stereocenters. The van der Waals surface area contributed by atoms with Gasteiger partial charge in [0.05, 0.1) is 6.61 Å². The van der Waals surface area contributed by atoms with Crippen molar-refractivity contribution in [3.63, 3.8) is 0 Å². The van der Waals surface area contributed by atoms with Crippen molar-refractivity contribution in [3.8, 4) is 0 Å². The molecule has 2 heteroatoms. The van der Waals surface area contributed by atoms with Gasteiger partial charge in [-0.25, -0.2) is 0 Å². The van der Waals surface area contributed by atoms with Gasteiger partial charge in [-0.3, -0.25) is 0 Å². The third-order valence-corrected chi connectivity index (χ3v) is 1.80. The van der Waals surface area contributed by atoms with Gasteiger partial charge >= 0.3 is 0 Å². The molecule has 1 fully saturated rings. The second kappa shape index (κ2) is 6.43. The Labute approximate surface area is 63.2 Å². The van der Waals surface area contributed by atoms with E-state index >= 15 is 0 Å². The molecule has 0 N–H and O–H groups in total. The molecule has 1 heterocycles. The van der Waals surface area contributed by atoms with Crippen LogP contribution in [0.1, 0.15) is 20.3 Å². The summed E-state index contributed by atoms with van der Waals surface area (Å²) in [5.41, 5.74) is 0. The summed E-state index contributed by atoms with van der Waals surface area (Å²) in [6.07, 6.45) is 1.21. The average molecular weight is 148 g/mol. The van der Waals surface area contributed by atoms with Gasteiger partial charge in [0.1, 0.15) is 0 Å². The Morgan fingerprint density at radius 3 is 2.44 bits per heavy atom. The second-order valence-electron chi connectivity index (χ2n) is 1.91. The van der Waals surface area contributed by atoms with Gasteiger partial charge in [-0.2, -0.15) is 12.6 Å². The molecule has 0 aromatic rings. The van der Waals surface area contributed by atoms with E-state index < -0.39 is 0 Å². The zero-order chi connectivity index (χ0) is 7.11. The second-order valence-corrected chi connectivity index (χ2v) is 2.28. The first kappa shape index (κ1) is 9.31. The number of hydrogen-bond donors (Lipinski definition) is 1. The minimum absolute atomic E-state index is 0.739. The zero-order valence-electron chi connectivity index (χ0n) is 6.26. The van der Waals surface area contributed by atoms with Gasteiger partial charge in [-0.15, -0.1) is 0 Å². The molecule has 1 saturated heterocycles. The van der Waals surface area contributed by atoms with Gasteiger partial charge in [-0.05, 0) is 18.1 Å². The van der Waals surface area contributed by atoms with E-state index in [1.165, 1.54) is 6.42 Å². The lowest BCUT2D eigenvalue weighted by Crippen LogP contribution is -1.98. The van der Waals surface area contributed by atoms with Crippen LogP contribution in [0.2, 0.25) is 0 Å². The van der Waals surface area contributed by atoms with E-state index in [2.05, 4.69) is 12.6 Å². The van der Waals surface area contributed by atoms with Crippen LogP contribution < -0.4 is 0 Å². The summed E-state index contributed by atoms with van der Waals surface area (Å²) >= 11 is 4.14. The Morgan fingerprint density at radius 1 is 1.56 bits per heavy atom. The summed E-state index contributed by atoms with van der Waals surface area (Å²) in [5.74, 6) is 1.73. The van der Waals surface area contributed by atoms with Crippen LogP contribution in [0.25, 0.3) is 0 Å².